The second-order valence-electron chi connectivity index (χ2n) is 7.29. The third-order valence-corrected chi connectivity index (χ3v) is 5.28. The summed E-state index contributed by atoms with van der Waals surface area (Å²) >= 11 is 0. The number of aliphatic carboxylic acids is 1. The molecule has 0 bridgehead atoms. The van der Waals surface area contributed by atoms with Crippen molar-refractivity contribution in [2.24, 2.45) is 0 Å². The number of hydrogen-bond donors (Lipinski definition) is 1. The zero-order valence-electron chi connectivity index (χ0n) is 16.3. The molecule has 2 atom stereocenters. The molecule has 7 nitrogen and oxygen atoms in total. The van der Waals surface area contributed by atoms with Crippen molar-refractivity contribution in [2.45, 2.75) is 38.3 Å². The minimum absolute atomic E-state index is 0.336. The van der Waals surface area contributed by atoms with Gasteiger partial charge in [-0.1, -0.05) is 30.3 Å². The lowest BCUT2D eigenvalue weighted by Crippen LogP contribution is -2.45. The van der Waals surface area contributed by atoms with Crippen molar-refractivity contribution in [1.29, 1.82) is 0 Å². The summed E-state index contributed by atoms with van der Waals surface area (Å²) < 4.78 is 11.1. The average molecular weight is 406 g/mol. The van der Waals surface area contributed by atoms with E-state index in [0.29, 0.717) is 16.9 Å². The number of carbonyl (C=O) groups is 2. The molecule has 2 aromatic carbocycles. The third kappa shape index (κ3) is 3.78. The molecule has 0 saturated carbocycles. The first-order valence-electron chi connectivity index (χ1n) is 9.75. The SMILES string of the molecule is C[C@@H](Oc1ccc2c3c(c(=O)oc2c1)CCC3)C(=O)N[C@H](C(=O)[O-])c1ccccc1. The second-order valence-corrected chi connectivity index (χ2v) is 7.29. The summed E-state index contributed by atoms with van der Waals surface area (Å²) in [6.07, 6.45) is 1.51. The molecule has 1 aliphatic carbocycles. The van der Waals surface area contributed by atoms with E-state index in [4.69, 9.17) is 9.15 Å². The first-order valence-corrected chi connectivity index (χ1v) is 9.75. The third-order valence-electron chi connectivity index (χ3n) is 5.28. The Hall–Kier alpha value is -3.61. The molecule has 30 heavy (non-hydrogen) atoms. The van der Waals surface area contributed by atoms with Gasteiger partial charge in [0.1, 0.15) is 11.3 Å². The van der Waals surface area contributed by atoms with Crippen molar-refractivity contribution in [2.75, 3.05) is 0 Å². The van der Waals surface area contributed by atoms with Crippen LogP contribution < -0.4 is 20.8 Å². The van der Waals surface area contributed by atoms with Crippen LogP contribution in [0.2, 0.25) is 0 Å². The van der Waals surface area contributed by atoms with E-state index in [1.54, 1.807) is 42.5 Å². The lowest BCUT2D eigenvalue weighted by atomic mass is 10.1. The second kappa shape index (κ2) is 8.02. The van der Waals surface area contributed by atoms with Crippen LogP contribution in [0.5, 0.6) is 5.75 Å². The number of benzene rings is 2. The molecule has 0 aliphatic heterocycles. The number of hydrogen-bond acceptors (Lipinski definition) is 6. The fourth-order valence-corrected chi connectivity index (χ4v) is 3.78. The summed E-state index contributed by atoms with van der Waals surface area (Å²) in [4.78, 5) is 36.1. The fourth-order valence-electron chi connectivity index (χ4n) is 3.78. The summed E-state index contributed by atoms with van der Waals surface area (Å²) in [6.45, 7) is 1.51. The molecule has 3 aromatic rings. The van der Waals surface area contributed by atoms with Gasteiger partial charge in [-0.25, -0.2) is 4.79 Å². The Labute approximate surface area is 172 Å². The predicted octanol–water partition coefficient (Wildman–Crippen LogP) is 1.66. The van der Waals surface area contributed by atoms with Gasteiger partial charge >= 0.3 is 5.63 Å². The summed E-state index contributed by atoms with van der Waals surface area (Å²) in [5.41, 5.74) is 2.22. The molecule has 1 aromatic heterocycles. The van der Waals surface area contributed by atoms with E-state index < -0.39 is 24.0 Å². The van der Waals surface area contributed by atoms with E-state index in [-0.39, 0.29) is 5.63 Å². The standard InChI is InChI=1S/C23H21NO6/c1-13(21(25)24-20(22(26)27)14-6-3-2-4-7-14)29-15-10-11-17-16-8-5-9-18(16)23(28)30-19(17)12-15/h2-4,6-7,10-13,20H,5,8-9H2,1H3,(H,24,25)(H,26,27)/p-1/t13-,20+/m1/s1. The maximum atomic E-state index is 12.5. The van der Waals surface area contributed by atoms with Crippen LogP contribution in [-0.4, -0.2) is 18.0 Å². The number of amides is 1. The fraction of sp³-hybridized carbons (Fsp3) is 0.261. The Kier molecular flexibility index (Phi) is 5.27. The van der Waals surface area contributed by atoms with E-state index in [9.17, 15) is 19.5 Å². The van der Waals surface area contributed by atoms with Crippen LogP contribution in [0, 0.1) is 0 Å². The van der Waals surface area contributed by atoms with Crippen LogP contribution in [0.25, 0.3) is 11.0 Å². The lowest BCUT2D eigenvalue weighted by molar-refractivity contribution is -0.308. The van der Waals surface area contributed by atoms with Crippen molar-refractivity contribution in [3.63, 3.8) is 0 Å². The maximum Gasteiger partial charge on any atom is 0.339 e. The van der Waals surface area contributed by atoms with Gasteiger partial charge in [0, 0.05) is 17.0 Å². The van der Waals surface area contributed by atoms with Gasteiger partial charge in [0.25, 0.3) is 5.91 Å². The Bertz CT molecular complexity index is 1170. The molecule has 154 valence electrons. The minimum atomic E-state index is -1.41. The van der Waals surface area contributed by atoms with Crippen molar-refractivity contribution >= 4 is 22.8 Å². The summed E-state index contributed by atoms with van der Waals surface area (Å²) in [5.74, 6) is -1.68. The molecule has 0 unspecified atom stereocenters. The van der Waals surface area contributed by atoms with E-state index in [2.05, 4.69) is 5.32 Å². The van der Waals surface area contributed by atoms with Gasteiger partial charge in [-0.05, 0) is 49.4 Å². The van der Waals surface area contributed by atoms with Crippen LogP contribution in [0.15, 0.2) is 57.7 Å². The lowest BCUT2D eigenvalue weighted by Gasteiger charge is -2.22. The van der Waals surface area contributed by atoms with Gasteiger partial charge < -0.3 is 24.4 Å². The molecule has 1 N–H and O–H groups in total. The van der Waals surface area contributed by atoms with Crippen molar-refractivity contribution in [3.8, 4) is 5.75 Å². The Balaban J connectivity index is 1.51. The van der Waals surface area contributed by atoms with E-state index >= 15 is 0 Å². The Morgan fingerprint density at radius 3 is 2.57 bits per heavy atom. The number of carboxylic acids is 1. The molecule has 0 spiro atoms. The number of carbonyl (C=O) groups excluding carboxylic acids is 2. The molecular formula is C23H20NO6-. The highest BCUT2D eigenvalue weighted by Crippen LogP contribution is 2.30. The van der Waals surface area contributed by atoms with Gasteiger partial charge in [-0.2, -0.15) is 0 Å². The molecule has 1 heterocycles. The van der Waals surface area contributed by atoms with Gasteiger partial charge in [0.05, 0.1) is 12.0 Å². The van der Waals surface area contributed by atoms with Crippen LogP contribution in [0.4, 0.5) is 0 Å². The molecule has 7 heteroatoms. The molecule has 1 aliphatic rings. The zero-order chi connectivity index (χ0) is 21.3. The molecule has 0 saturated heterocycles. The van der Waals surface area contributed by atoms with Crippen LogP contribution >= 0.6 is 0 Å². The average Bonchev–Trinajstić information content (AvgIpc) is 3.23. The number of carboxylic acid groups (broad SMARTS) is 1. The minimum Gasteiger partial charge on any atom is -0.548 e. The highest BCUT2D eigenvalue weighted by atomic mass is 16.5. The van der Waals surface area contributed by atoms with Crippen LogP contribution in [0.1, 0.15) is 36.1 Å². The van der Waals surface area contributed by atoms with Crippen LogP contribution in [0.3, 0.4) is 0 Å². The molecular weight excluding hydrogens is 386 g/mol. The zero-order valence-corrected chi connectivity index (χ0v) is 16.3. The van der Waals surface area contributed by atoms with Gasteiger partial charge in [-0.3, -0.25) is 4.79 Å². The first-order chi connectivity index (χ1) is 14.4. The summed E-state index contributed by atoms with van der Waals surface area (Å²) in [6, 6.07) is 12.1. The van der Waals surface area contributed by atoms with E-state index in [1.165, 1.54) is 6.92 Å². The predicted molar refractivity (Wildman–Crippen MR) is 107 cm³/mol. The number of ether oxygens (including phenoxy) is 1. The van der Waals surface area contributed by atoms with Gasteiger partial charge in [0.2, 0.25) is 0 Å². The number of fused-ring (bicyclic) bond motifs is 3. The maximum absolute atomic E-state index is 12.5. The number of rotatable bonds is 6. The Morgan fingerprint density at radius 1 is 1.10 bits per heavy atom. The van der Waals surface area contributed by atoms with Crippen LogP contribution in [-0.2, 0) is 22.4 Å². The van der Waals surface area contributed by atoms with Crippen molar-refractivity contribution in [3.05, 3.63) is 75.6 Å². The quantitative estimate of drug-likeness (QED) is 0.624. The molecule has 0 fully saturated rings. The smallest absolute Gasteiger partial charge is 0.339 e. The molecule has 1 amide bonds. The van der Waals surface area contributed by atoms with Gasteiger partial charge in [0.15, 0.2) is 6.10 Å². The largest absolute Gasteiger partial charge is 0.548 e. The summed E-state index contributed by atoms with van der Waals surface area (Å²) in [5, 5.41) is 14.8. The van der Waals surface area contributed by atoms with Crippen molar-refractivity contribution < 1.29 is 23.8 Å². The van der Waals surface area contributed by atoms with E-state index in [0.717, 1.165) is 35.8 Å². The Morgan fingerprint density at radius 2 is 1.83 bits per heavy atom. The summed E-state index contributed by atoms with van der Waals surface area (Å²) in [7, 11) is 0. The van der Waals surface area contributed by atoms with Crippen molar-refractivity contribution in [1.82, 2.24) is 5.32 Å². The molecule has 4 rings (SSSR count). The van der Waals surface area contributed by atoms with E-state index in [1.807, 2.05) is 6.07 Å². The number of nitrogens with one attached hydrogen (secondary N) is 1. The monoisotopic (exact) mass is 406 g/mol. The highest BCUT2D eigenvalue weighted by Gasteiger charge is 2.23. The topological polar surface area (TPSA) is 109 Å². The van der Waals surface area contributed by atoms with Gasteiger partial charge in [-0.15, -0.1) is 0 Å². The number of aryl methyl sites for hydroxylation is 1. The highest BCUT2D eigenvalue weighted by molar-refractivity contribution is 5.87. The molecule has 0 radical (unpaired) electrons. The normalized spacial score (nSPS) is 14.7. The first kappa shape index (κ1) is 19.7.